The molecule has 5 heteroatoms. The predicted molar refractivity (Wildman–Crippen MR) is 108 cm³/mol. The molecule has 2 amide bonds. The number of urea groups is 1. The van der Waals surface area contributed by atoms with E-state index < -0.39 is 0 Å². The molecule has 2 aromatic carbocycles. The highest BCUT2D eigenvalue weighted by Gasteiger charge is 2.23. The topological polar surface area (TPSA) is 57.3 Å². The Morgan fingerprint density at radius 3 is 2.26 bits per heavy atom. The fourth-order valence-corrected chi connectivity index (χ4v) is 2.89. The summed E-state index contributed by atoms with van der Waals surface area (Å²) >= 11 is 0. The van der Waals surface area contributed by atoms with Crippen molar-refractivity contribution in [3.8, 4) is 0 Å². The maximum Gasteiger partial charge on any atom is 0.320 e. The number of nitrogens with zero attached hydrogens (tertiary/aromatic N) is 2. The molecule has 1 aromatic heterocycles. The number of pyridine rings is 1. The van der Waals surface area contributed by atoms with Crippen LogP contribution >= 0.6 is 0 Å². The first-order valence-corrected chi connectivity index (χ1v) is 9.18. The van der Waals surface area contributed by atoms with Crippen molar-refractivity contribution >= 4 is 23.2 Å². The molecule has 3 aromatic rings. The smallest absolute Gasteiger partial charge is 0.320 e. The van der Waals surface area contributed by atoms with Crippen LogP contribution in [0.3, 0.4) is 0 Å². The highest BCUT2D eigenvalue weighted by molar-refractivity contribution is 5.88. The number of amides is 2. The zero-order valence-corrected chi connectivity index (χ0v) is 15.0. The molecule has 27 heavy (non-hydrogen) atoms. The lowest BCUT2D eigenvalue weighted by atomic mass is 10.2. The van der Waals surface area contributed by atoms with Gasteiger partial charge in [0.05, 0.1) is 11.9 Å². The van der Waals surface area contributed by atoms with Crippen LogP contribution in [0.2, 0.25) is 0 Å². The third-order valence-corrected chi connectivity index (χ3v) is 4.47. The zero-order valence-electron chi connectivity index (χ0n) is 15.0. The summed E-state index contributed by atoms with van der Waals surface area (Å²) in [5.41, 5.74) is 3.28. The first kappa shape index (κ1) is 17.1. The standard InChI is InChI=1S/C22H22N4O/c27-22(24-18-11-12-18)25-21-14-13-20(15-23-21)26(19-9-5-2-6-10-19)16-17-7-3-1-4-8-17/h1-10,13-15,18H,11-12,16H2,(H2,23,24,25,27). The van der Waals surface area contributed by atoms with E-state index in [2.05, 4.69) is 44.8 Å². The van der Waals surface area contributed by atoms with Crippen molar-refractivity contribution in [1.82, 2.24) is 10.3 Å². The Kier molecular flexibility index (Phi) is 5.01. The minimum Gasteiger partial charge on any atom is -0.336 e. The van der Waals surface area contributed by atoms with Crippen LogP contribution in [-0.4, -0.2) is 17.1 Å². The fourth-order valence-electron chi connectivity index (χ4n) is 2.89. The number of anilines is 3. The first-order chi connectivity index (χ1) is 13.3. The van der Waals surface area contributed by atoms with Gasteiger partial charge in [0.1, 0.15) is 5.82 Å². The van der Waals surface area contributed by atoms with E-state index in [-0.39, 0.29) is 6.03 Å². The minimum absolute atomic E-state index is 0.193. The molecule has 1 heterocycles. The van der Waals surface area contributed by atoms with E-state index in [1.54, 1.807) is 6.20 Å². The molecule has 1 saturated carbocycles. The molecule has 1 aliphatic carbocycles. The second-order valence-corrected chi connectivity index (χ2v) is 6.68. The van der Waals surface area contributed by atoms with Crippen molar-refractivity contribution in [2.45, 2.75) is 25.4 Å². The molecule has 0 radical (unpaired) electrons. The summed E-state index contributed by atoms with van der Waals surface area (Å²) in [6, 6.07) is 24.5. The zero-order chi connectivity index (χ0) is 18.5. The normalized spacial score (nSPS) is 13.0. The molecule has 136 valence electrons. The molecule has 1 aliphatic rings. The van der Waals surface area contributed by atoms with Crippen LogP contribution < -0.4 is 15.5 Å². The molecule has 5 nitrogen and oxygen atoms in total. The average Bonchev–Trinajstić information content (AvgIpc) is 3.52. The molecular formula is C22H22N4O. The van der Waals surface area contributed by atoms with Crippen LogP contribution in [0, 0.1) is 0 Å². The number of carbonyl (C=O) groups is 1. The number of nitrogens with one attached hydrogen (secondary N) is 2. The number of rotatable bonds is 6. The lowest BCUT2D eigenvalue weighted by Crippen LogP contribution is -2.30. The molecule has 0 spiro atoms. The van der Waals surface area contributed by atoms with E-state index in [1.807, 2.05) is 48.5 Å². The summed E-state index contributed by atoms with van der Waals surface area (Å²) in [5, 5.41) is 5.69. The van der Waals surface area contributed by atoms with Gasteiger partial charge in [0.2, 0.25) is 0 Å². The number of aromatic nitrogens is 1. The molecule has 0 saturated heterocycles. The molecular weight excluding hydrogens is 336 g/mol. The quantitative estimate of drug-likeness (QED) is 0.671. The Hall–Kier alpha value is -3.34. The Bertz CT molecular complexity index is 877. The molecule has 0 unspecified atom stereocenters. The van der Waals surface area contributed by atoms with Crippen LogP contribution in [0.1, 0.15) is 18.4 Å². The molecule has 2 N–H and O–H groups in total. The minimum atomic E-state index is -0.193. The summed E-state index contributed by atoms with van der Waals surface area (Å²) in [5.74, 6) is 0.546. The third-order valence-electron chi connectivity index (χ3n) is 4.47. The number of hydrogen-bond acceptors (Lipinski definition) is 3. The van der Waals surface area contributed by atoms with E-state index in [0.29, 0.717) is 11.9 Å². The molecule has 0 atom stereocenters. The lowest BCUT2D eigenvalue weighted by molar-refractivity contribution is 0.251. The SMILES string of the molecule is O=C(Nc1ccc(N(Cc2ccccc2)c2ccccc2)cn1)NC1CC1. The summed E-state index contributed by atoms with van der Waals surface area (Å²) < 4.78 is 0. The van der Waals surface area contributed by atoms with Crippen molar-refractivity contribution in [3.63, 3.8) is 0 Å². The van der Waals surface area contributed by atoms with Crippen molar-refractivity contribution in [2.24, 2.45) is 0 Å². The highest BCUT2D eigenvalue weighted by Crippen LogP contribution is 2.27. The van der Waals surface area contributed by atoms with Gasteiger partial charge in [0, 0.05) is 18.3 Å². The Labute approximate surface area is 159 Å². The largest absolute Gasteiger partial charge is 0.336 e. The Morgan fingerprint density at radius 1 is 0.926 bits per heavy atom. The van der Waals surface area contributed by atoms with Gasteiger partial charge in [-0.2, -0.15) is 0 Å². The maximum atomic E-state index is 11.9. The van der Waals surface area contributed by atoms with Gasteiger partial charge in [-0.15, -0.1) is 0 Å². The molecule has 1 fully saturated rings. The van der Waals surface area contributed by atoms with Crippen molar-refractivity contribution in [2.75, 3.05) is 10.2 Å². The number of para-hydroxylation sites is 1. The summed E-state index contributed by atoms with van der Waals surface area (Å²) in [6.07, 6.45) is 3.92. The number of carbonyl (C=O) groups excluding carboxylic acids is 1. The van der Waals surface area contributed by atoms with Crippen molar-refractivity contribution < 1.29 is 4.79 Å². The second-order valence-electron chi connectivity index (χ2n) is 6.68. The highest BCUT2D eigenvalue weighted by atomic mass is 16.2. The van der Waals surface area contributed by atoms with E-state index in [9.17, 15) is 4.79 Å². The van der Waals surface area contributed by atoms with E-state index in [4.69, 9.17) is 0 Å². The fraction of sp³-hybridized carbons (Fsp3) is 0.182. The summed E-state index contributed by atoms with van der Waals surface area (Å²) in [6.45, 7) is 0.738. The van der Waals surface area contributed by atoms with Gasteiger partial charge < -0.3 is 10.2 Å². The molecule has 0 aliphatic heterocycles. The Morgan fingerprint density at radius 2 is 1.63 bits per heavy atom. The lowest BCUT2D eigenvalue weighted by Gasteiger charge is -2.25. The van der Waals surface area contributed by atoms with E-state index in [0.717, 1.165) is 30.8 Å². The average molecular weight is 358 g/mol. The Balaban J connectivity index is 1.53. The number of hydrogen-bond donors (Lipinski definition) is 2. The van der Waals surface area contributed by atoms with Crippen LogP contribution in [-0.2, 0) is 6.54 Å². The van der Waals surface area contributed by atoms with Gasteiger partial charge in [0.15, 0.2) is 0 Å². The van der Waals surface area contributed by atoms with Gasteiger partial charge in [-0.05, 0) is 42.7 Å². The third kappa shape index (κ3) is 4.64. The maximum absolute atomic E-state index is 11.9. The summed E-state index contributed by atoms with van der Waals surface area (Å²) in [4.78, 5) is 18.5. The van der Waals surface area contributed by atoms with Crippen molar-refractivity contribution in [1.29, 1.82) is 0 Å². The van der Waals surface area contributed by atoms with E-state index in [1.165, 1.54) is 5.56 Å². The van der Waals surface area contributed by atoms with Gasteiger partial charge >= 0.3 is 6.03 Å². The van der Waals surface area contributed by atoms with Gasteiger partial charge in [0.25, 0.3) is 0 Å². The van der Waals surface area contributed by atoms with E-state index >= 15 is 0 Å². The van der Waals surface area contributed by atoms with Gasteiger partial charge in [-0.3, -0.25) is 5.32 Å². The summed E-state index contributed by atoms with van der Waals surface area (Å²) in [7, 11) is 0. The van der Waals surface area contributed by atoms with Gasteiger partial charge in [-0.1, -0.05) is 48.5 Å². The van der Waals surface area contributed by atoms with Crippen LogP contribution in [0.4, 0.5) is 22.0 Å². The second kappa shape index (κ2) is 7.91. The predicted octanol–water partition coefficient (Wildman–Crippen LogP) is 4.70. The van der Waals surface area contributed by atoms with Crippen LogP contribution in [0.25, 0.3) is 0 Å². The van der Waals surface area contributed by atoms with Crippen LogP contribution in [0.5, 0.6) is 0 Å². The van der Waals surface area contributed by atoms with Crippen LogP contribution in [0.15, 0.2) is 79.0 Å². The van der Waals surface area contributed by atoms with Gasteiger partial charge in [-0.25, -0.2) is 9.78 Å². The monoisotopic (exact) mass is 358 g/mol. The first-order valence-electron chi connectivity index (χ1n) is 9.18. The molecule has 0 bridgehead atoms. The number of benzene rings is 2. The molecule has 4 rings (SSSR count). The van der Waals surface area contributed by atoms with Crippen molar-refractivity contribution in [3.05, 3.63) is 84.6 Å².